The number of hydrogen-bond acceptors (Lipinski definition) is 6. The Labute approximate surface area is 99.9 Å². The Morgan fingerprint density at radius 2 is 2.06 bits per heavy atom. The highest BCUT2D eigenvalue weighted by atomic mass is 16.5. The lowest BCUT2D eigenvalue weighted by atomic mass is 10.3. The third kappa shape index (κ3) is 3.83. The van der Waals surface area contributed by atoms with Crippen molar-refractivity contribution in [3.63, 3.8) is 0 Å². The average molecular weight is 243 g/mol. The standard InChI is InChI=1S/C11H17NO5/c1-7(2)16-6-9-12-8(5-14-3)10(17-9)11(13)15-4/h7H,5-6H2,1-4H3. The minimum absolute atomic E-state index is 0.0642. The summed E-state index contributed by atoms with van der Waals surface area (Å²) in [6.45, 7) is 4.21. The highest BCUT2D eigenvalue weighted by molar-refractivity contribution is 5.87. The van der Waals surface area contributed by atoms with E-state index >= 15 is 0 Å². The molecule has 1 rings (SSSR count). The summed E-state index contributed by atoms with van der Waals surface area (Å²) in [4.78, 5) is 15.5. The van der Waals surface area contributed by atoms with Gasteiger partial charge in [0.1, 0.15) is 12.3 Å². The van der Waals surface area contributed by atoms with Crippen LogP contribution in [-0.2, 0) is 27.4 Å². The lowest BCUT2D eigenvalue weighted by Crippen LogP contribution is -2.04. The molecule has 0 spiro atoms. The molecule has 0 saturated carbocycles. The lowest BCUT2D eigenvalue weighted by molar-refractivity contribution is 0.0465. The fourth-order valence-electron chi connectivity index (χ4n) is 1.19. The van der Waals surface area contributed by atoms with Crippen molar-refractivity contribution in [1.29, 1.82) is 0 Å². The van der Waals surface area contributed by atoms with Crippen LogP contribution in [0.5, 0.6) is 0 Å². The van der Waals surface area contributed by atoms with Crippen LogP contribution in [0.25, 0.3) is 0 Å². The average Bonchev–Trinajstić information content (AvgIpc) is 2.69. The van der Waals surface area contributed by atoms with Crippen LogP contribution < -0.4 is 0 Å². The normalized spacial score (nSPS) is 10.9. The van der Waals surface area contributed by atoms with Crippen molar-refractivity contribution < 1.29 is 23.4 Å². The van der Waals surface area contributed by atoms with Gasteiger partial charge in [0.05, 0.1) is 19.8 Å². The van der Waals surface area contributed by atoms with Gasteiger partial charge in [0.2, 0.25) is 11.7 Å². The van der Waals surface area contributed by atoms with Crippen LogP contribution in [0.1, 0.15) is 36.0 Å². The Bertz CT molecular complexity index is 372. The second-order valence-electron chi connectivity index (χ2n) is 3.67. The molecule has 1 aromatic rings. The van der Waals surface area contributed by atoms with E-state index in [-0.39, 0.29) is 25.1 Å². The van der Waals surface area contributed by atoms with Gasteiger partial charge in [-0.3, -0.25) is 0 Å². The summed E-state index contributed by atoms with van der Waals surface area (Å²) in [6, 6.07) is 0. The Balaban J connectivity index is 2.83. The fraction of sp³-hybridized carbons (Fsp3) is 0.636. The molecule has 1 heterocycles. The van der Waals surface area contributed by atoms with E-state index in [1.807, 2.05) is 13.8 Å². The van der Waals surface area contributed by atoms with E-state index in [0.29, 0.717) is 11.6 Å². The highest BCUT2D eigenvalue weighted by Gasteiger charge is 2.20. The molecule has 96 valence electrons. The van der Waals surface area contributed by atoms with E-state index in [0.717, 1.165) is 0 Å². The van der Waals surface area contributed by atoms with Gasteiger partial charge in [-0.2, -0.15) is 0 Å². The van der Waals surface area contributed by atoms with Gasteiger partial charge >= 0.3 is 5.97 Å². The zero-order valence-electron chi connectivity index (χ0n) is 10.5. The minimum atomic E-state index is -0.569. The maximum absolute atomic E-state index is 11.4. The molecule has 6 nitrogen and oxygen atoms in total. The maximum atomic E-state index is 11.4. The number of carbonyl (C=O) groups is 1. The van der Waals surface area contributed by atoms with Gasteiger partial charge in [0.25, 0.3) is 0 Å². The van der Waals surface area contributed by atoms with Crippen LogP contribution in [0.4, 0.5) is 0 Å². The largest absolute Gasteiger partial charge is 0.463 e. The molecule has 0 aliphatic rings. The van der Waals surface area contributed by atoms with Crippen LogP contribution in [0.3, 0.4) is 0 Å². The zero-order chi connectivity index (χ0) is 12.8. The number of carbonyl (C=O) groups excluding carboxylic acids is 1. The number of rotatable bonds is 6. The number of hydrogen-bond donors (Lipinski definition) is 0. The number of aromatic nitrogens is 1. The van der Waals surface area contributed by atoms with Crippen LogP contribution in [0.15, 0.2) is 4.42 Å². The van der Waals surface area contributed by atoms with Gasteiger partial charge in [-0.05, 0) is 13.8 Å². The predicted molar refractivity (Wildman–Crippen MR) is 58.5 cm³/mol. The van der Waals surface area contributed by atoms with E-state index in [1.165, 1.54) is 14.2 Å². The quantitative estimate of drug-likeness (QED) is 0.706. The molecule has 0 saturated heterocycles. The molecule has 0 atom stereocenters. The number of methoxy groups -OCH3 is 2. The second kappa shape index (κ2) is 6.36. The van der Waals surface area contributed by atoms with Crippen molar-refractivity contribution in [2.75, 3.05) is 14.2 Å². The monoisotopic (exact) mass is 243 g/mol. The summed E-state index contributed by atoms with van der Waals surface area (Å²) in [5.74, 6) is -0.164. The van der Waals surface area contributed by atoms with Gasteiger partial charge in [0, 0.05) is 7.11 Å². The predicted octanol–water partition coefficient (Wildman–Crippen LogP) is 1.53. The molecule has 0 aliphatic carbocycles. The Kier molecular flexibility index (Phi) is 5.11. The molecular formula is C11H17NO5. The molecule has 6 heteroatoms. The molecule has 0 bridgehead atoms. The molecule has 0 amide bonds. The van der Waals surface area contributed by atoms with Crippen molar-refractivity contribution in [3.05, 3.63) is 17.3 Å². The molecular weight excluding hydrogens is 226 g/mol. The Morgan fingerprint density at radius 3 is 2.59 bits per heavy atom. The number of oxazole rings is 1. The van der Waals surface area contributed by atoms with E-state index in [2.05, 4.69) is 9.72 Å². The SMILES string of the molecule is COCc1nc(COC(C)C)oc1C(=O)OC. The van der Waals surface area contributed by atoms with Gasteiger partial charge in [-0.1, -0.05) is 0 Å². The lowest BCUT2D eigenvalue weighted by Gasteiger charge is -2.03. The van der Waals surface area contributed by atoms with Crippen LogP contribution in [-0.4, -0.2) is 31.3 Å². The Morgan fingerprint density at radius 1 is 1.35 bits per heavy atom. The van der Waals surface area contributed by atoms with Crippen molar-refractivity contribution >= 4 is 5.97 Å². The maximum Gasteiger partial charge on any atom is 0.376 e. The Hall–Kier alpha value is -1.40. The summed E-state index contributed by atoms with van der Waals surface area (Å²) < 4.78 is 20.1. The van der Waals surface area contributed by atoms with Gasteiger partial charge in [0.15, 0.2) is 0 Å². The summed E-state index contributed by atoms with van der Waals surface area (Å²) in [5, 5.41) is 0. The molecule has 0 fully saturated rings. The molecule has 0 radical (unpaired) electrons. The molecule has 0 aliphatic heterocycles. The van der Waals surface area contributed by atoms with Gasteiger partial charge in [-0.25, -0.2) is 9.78 Å². The summed E-state index contributed by atoms with van der Waals surface area (Å²) in [7, 11) is 2.80. The third-order valence-electron chi connectivity index (χ3n) is 1.93. The molecule has 17 heavy (non-hydrogen) atoms. The molecule has 0 unspecified atom stereocenters. The smallest absolute Gasteiger partial charge is 0.376 e. The molecule has 0 aromatic carbocycles. The topological polar surface area (TPSA) is 70.8 Å². The van der Waals surface area contributed by atoms with Crippen molar-refractivity contribution in [2.45, 2.75) is 33.2 Å². The number of ether oxygens (including phenoxy) is 3. The first kappa shape index (κ1) is 13.7. The van der Waals surface area contributed by atoms with E-state index in [1.54, 1.807) is 0 Å². The first-order valence-corrected chi connectivity index (χ1v) is 5.26. The molecule has 1 aromatic heterocycles. The first-order chi connectivity index (χ1) is 8.08. The second-order valence-corrected chi connectivity index (χ2v) is 3.67. The van der Waals surface area contributed by atoms with Gasteiger partial charge < -0.3 is 18.6 Å². The summed E-state index contributed by atoms with van der Waals surface area (Å²) in [6.07, 6.45) is 0.0642. The van der Waals surface area contributed by atoms with E-state index in [9.17, 15) is 4.79 Å². The third-order valence-corrected chi connectivity index (χ3v) is 1.93. The summed E-state index contributed by atoms with van der Waals surface area (Å²) in [5.41, 5.74) is 0.418. The van der Waals surface area contributed by atoms with E-state index in [4.69, 9.17) is 13.9 Å². The highest BCUT2D eigenvalue weighted by Crippen LogP contribution is 2.14. The number of esters is 1. The van der Waals surface area contributed by atoms with Crippen molar-refractivity contribution in [3.8, 4) is 0 Å². The zero-order valence-corrected chi connectivity index (χ0v) is 10.5. The van der Waals surface area contributed by atoms with Crippen molar-refractivity contribution in [2.24, 2.45) is 0 Å². The van der Waals surface area contributed by atoms with Crippen molar-refractivity contribution in [1.82, 2.24) is 4.98 Å². The fourth-order valence-corrected chi connectivity index (χ4v) is 1.19. The first-order valence-electron chi connectivity index (χ1n) is 5.26. The van der Waals surface area contributed by atoms with Gasteiger partial charge in [-0.15, -0.1) is 0 Å². The molecule has 0 N–H and O–H groups in total. The van der Waals surface area contributed by atoms with Crippen LogP contribution in [0, 0.1) is 0 Å². The van der Waals surface area contributed by atoms with E-state index < -0.39 is 5.97 Å². The minimum Gasteiger partial charge on any atom is -0.463 e. The van der Waals surface area contributed by atoms with Crippen LogP contribution in [0.2, 0.25) is 0 Å². The summed E-state index contributed by atoms with van der Waals surface area (Å²) >= 11 is 0. The number of nitrogens with zero attached hydrogens (tertiary/aromatic N) is 1. The van der Waals surface area contributed by atoms with Crippen LogP contribution >= 0.6 is 0 Å².